The van der Waals surface area contributed by atoms with Crippen molar-refractivity contribution in [2.45, 2.75) is 17.0 Å². The van der Waals surface area contributed by atoms with Gasteiger partial charge in [0.2, 0.25) is 0 Å². The fraction of sp³-hybridized carbons (Fsp3) is 0.304. The van der Waals surface area contributed by atoms with E-state index in [1.54, 1.807) is 30.2 Å². The van der Waals surface area contributed by atoms with Crippen molar-refractivity contribution < 1.29 is 9.53 Å². The molecule has 30 heavy (non-hydrogen) atoms. The average molecular weight is 440 g/mol. The summed E-state index contributed by atoms with van der Waals surface area (Å²) in [5.41, 5.74) is 4.16. The zero-order chi connectivity index (χ0) is 20.9. The second-order valence-corrected chi connectivity index (χ2v) is 9.30. The molecule has 0 unspecified atom stereocenters. The lowest BCUT2D eigenvalue weighted by molar-refractivity contribution is 0.0747. The number of thioether (sulfide) groups is 1. The molecule has 1 amide bonds. The second kappa shape index (κ2) is 9.53. The molecule has 156 valence electrons. The first-order valence-electron chi connectivity index (χ1n) is 9.94. The summed E-state index contributed by atoms with van der Waals surface area (Å²) >= 11 is 3.41. The number of amides is 1. The zero-order valence-corrected chi connectivity index (χ0v) is 18.8. The molecule has 1 saturated heterocycles. The van der Waals surface area contributed by atoms with E-state index in [4.69, 9.17) is 4.74 Å². The van der Waals surface area contributed by atoms with Gasteiger partial charge in [0.25, 0.3) is 5.91 Å². The minimum atomic E-state index is 0.107. The summed E-state index contributed by atoms with van der Waals surface area (Å²) in [6, 6.07) is 16.1. The molecule has 0 N–H and O–H groups in total. The first-order chi connectivity index (χ1) is 14.6. The number of piperazine rings is 1. The number of aryl methyl sites for hydroxylation is 1. The highest BCUT2D eigenvalue weighted by atomic mass is 32.2. The topological polar surface area (TPSA) is 45.7 Å². The molecule has 7 heteroatoms. The summed E-state index contributed by atoms with van der Waals surface area (Å²) in [4.78, 5) is 21.6. The van der Waals surface area contributed by atoms with Crippen molar-refractivity contribution in [2.75, 3.05) is 38.2 Å². The van der Waals surface area contributed by atoms with E-state index in [1.807, 2.05) is 54.3 Å². The molecule has 1 aliphatic rings. The summed E-state index contributed by atoms with van der Waals surface area (Å²) in [6.45, 7) is 5.09. The second-order valence-electron chi connectivity index (χ2n) is 7.22. The van der Waals surface area contributed by atoms with Gasteiger partial charge in [0.05, 0.1) is 7.11 Å². The summed E-state index contributed by atoms with van der Waals surface area (Å²) in [5.74, 6) is 1.82. The van der Waals surface area contributed by atoms with Crippen molar-refractivity contribution >= 4 is 34.7 Å². The molecule has 1 aliphatic heterocycles. The van der Waals surface area contributed by atoms with Crippen LogP contribution in [0.3, 0.4) is 0 Å². The van der Waals surface area contributed by atoms with Gasteiger partial charge in [-0.1, -0.05) is 30.0 Å². The lowest BCUT2D eigenvalue weighted by atomic mass is 10.1. The number of rotatable bonds is 6. The lowest BCUT2D eigenvalue weighted by Crippen LogP contribution is -2.48. The van der Waals surface area contributed by atoms with Gasteiger partial charge in [0, 0.05) is 60.3 Å². The molecule has 3 aromatic rings. The molecule has 2 heterocycles. The van der Waals surface area contributed by atoms with Gasteiger partial charge < -0.3 is 14.5 Å². The minimum absolute atomic E-state index is 0.107. The van der Waals surface area contributed by atoms with Gasteiger partial charge >= 0.3 is 0 Å². The number of hydrogen-bond acceptors (Lipinski definition) is 6. The molecule has 0 spiro atoms. The fourth-order valence-electron chi connectivity index (χ4n) is 3.44. The molecule has 0 atom stereocenters. The van der Waals surface area contributed by atoms with E-state index < -0.39 is 0 Å². The number of methoxy groups -OCH3 is 1. The third-order valence-electron chi connectivity index (χ3n) is 5.15. The number of ether oxygens (including phenoxy) is 1. The number of nitrogens with zero attached hydrogens (tertiary/aromatic N) is 3. The Kier molecular flexibility index (Phi) is 6.59. The third kappa shape index (κ3) is 4.96. The maximum atomic E-state index is 12.9. The number of aromatic nitrogens is 1. The largest absolute Gasteiger partial charge is 0.497 e. The van der Waals surface area contributed by atoms with E-state index in [0.717, 1.165) is 59.0 Å². The van der Waals surface area contributed by atoms with E-state index >= 15 is 0 Å². The van der Waals surface area contributed by atoms with Crippen LogP contribution < -0.4 is 9.64 Å². The summed E-state index contributed by atoms with van der Waals surface area (Å²) in [6.07, 6.45) is 0. The van der Waals surface area contributed by atoms with E-state index in [9.17, 15) is 4.79 Å². The highest BCUT2D eigenvalue weighted by molar-refractivity contribution is 8.00. The van der Waals surface area contributed by atoms with E-state index in [-0.39, 0.29) is 5.91 Å². The molecule has 0 radical (unpaired) electrons. The maximum absolute atomic E-state index is 12.9. The van der Waals surface area contributed by atoms with Gasteiger partial charge in [0.15, 0.2) is 0 Å². The van der Waals surface area contributed by atoms with Crippen LogP contribution in [-0.4, -0.2) is 49.1 Å². The van der Waals surface area contributed by atoms with Crippen LogP contribution in [0.1, 0.15) is 21.6 Å². The van der Waals surface area contributed by atoms with Gasteiger partial charge in [0.1, 0.15) is 10.1 Å². The Morgan fingerprint density at radius 1 is 1.13 bits per heavy atom. The van der Waals surface area contributed by atoms with E-state index in [0.29, 0.717) is 0 Å². The number of carbonyl (C=O) groups is 1. The van der Waals surface area contributed by atoms with Crippen LogP contribution in [-0.2, 0) is 5.75 Å². The van der Waals surface area contributed by atoms with Gasteiger partial charge in [-0.05, 0) is 36.8 Å². The molecule has 0 aliphatic carbocycles. The smallest absolute Gasteiger partial charge is 0.253 e. The number of anilines is 1. The Hall–Kier alpha value is -2.51. The fourth-order valence-corrected chi connectivity index (χ4v) is 5.25. The minimum Gasteiger partial charge on any atom is -0.497 e. The molecule has 2 aromatic carbocycles. The van der Waals surface area contributed by atoms with Crippen LogP contribution in [0.2, 0.25) is 0 Å². The van der Waals surface area contributed by atoms with Crippen molar-refractivity contribution in [3.05, 3.63) is 70.7 Å². The third-order valence-corrected chi connectivity index (χ3v) is 7.36. The van der Waals surface area contributed by atoms with Crippen LogP contribution in [0.5, 0.6) is 5.75 Å². The van der Waals surface area contributed by atoms with Crippen LogP contribution in [0.4, 0.5) is 5.69 Å². The monoisotopic (exact) mass is 439 g/mol. The SMILES string of the molecule is COc1cccc(N2CCN(C(=O)c3ccc(CSc4nc(C)cs4)cc3)CC2)c1. The molecule has 0 bridgehead atoms. The molecular formula is C23H25N3O2S2. The molecule has 5 nitrogen and oxygen atoms in total. The van der Waals surface area contributed by atoms with Crippen molar-refractivity contribution in [1.82, 2.24) is 9.88 Å². The molecule has 1 aromatic heterocycles. The zero-order valence-electron chi connectivity index (χ0n) is 17.2. The number of hydrogen-bond donors (Lipinski definition) is 0. The molecule has 0 saturated carbocycles. The van der Waals surface area contributed by atoms with E-state index in [1.165, 1.54) is 5.56 Å². The van der Waals surface area contributed by atoms with Gasteiger partial charge in [-0.15, -0.1) is 11.3 Å². The highest BCUT2D eigenvalue weighted by Gasteiger charge is 2.22. The number of thiazole rings is 1. The van der Waals surface area contributed by atoms with Crippen LogP contribution >= 0.6 is 23.1 Å². The Labute approximate surface area is 185 Å². The van der Waals surface area contributed by atoms with Crippen molar-refractivity contribution in [3.63, 3.8) is 0 Å². The van der Waals surface area contributed by atoms with Crippen LogP contribution in [0.15, 0.2) is 58.3 Å². The first kappa shape index (κ1) is 20.8. The number of carbonyl (C=O) groups excluding carboxylic acids is 1. The molecular weight excluding hydrogens is 414 g/mol. The summed E-state index contributed by atoms with van der Waals surface area (Å²) in [5, 5.41) is 2.07. The standard InChI is InChI=1S/C23H25N3O2S2/c1-17-15-29-23(24-17)30-16-18-6-8-19(9-7-18)22(27)26-12-10-25(11-13-26)20-4-3-5-21(14-20)28-2/h3-9,14-15H,10-13,16H2,1-2H3. The summed E-state index contributed by atoms with van der Waals surface area (Å²) in [7, 11) is 1.68. The quantitative estimate of drug-likeness (QED) is 0.520. The van der Waals surface area contributed by atoms with Crippen molar-refractivity contribution in [1.29, 1.82) is 0 Å². The Bertz CT molecular complexity index is 996. The van der Waals surface area contributed by atoms with Crippen molar-refractivity contribution in [3.8, 4) is 5.75 Å². The van der Waals surface area contributed by atoms with Crippen molar-refractivity contribution in [2.24, 2.45) is 0 Å². The molecule has 1 fully saturated rings. The van der Waals surface area contributed by atoms with Crippen LogP contribution in [0.25, 0.3) is 0 Å². The Morgan fingerprint density at radius 2 is 1.90 bits per heavy atom. The molecule has 4 rings (SSSR count). The van der Waals surface area contributed by atoms with Gasteiger partial charge in [-0.3, -0.25) is 4.79 Å². The Morgan fingerprint density at radius 3 is 2.57 bits per heavy atom. The van der Waals surface area contributed by atoms with E-state index in [2.05, 4.69) is 21.3 Å². The Balaban J connectivity index is 1.31. The normalized spacial score (nSPS) is 14.1. The van der Waals surface area contributed by atoms with Gasteiger partial charge in [-0.25, -0.2) is 4.98 Å². The van der Waals surface area contributed by atoms with Crippen LogP contribution in [0, 0.1) is 6.92 Å². The maximum Gasteiger partial charge on any atom is 0.253 e. The predicted octanol–water partition coefficient (Wildman–Crippen LogP) is 4.71. The summed E-state index contributed by atoms with van der Waals surface area (Å²) < 4.78 is 6.41. The number of benzene rings is 2. The van der Waals surface area contributed by atoms with Gasteiger partial charge in [-0.2, -0.15) is 0 Å². The highest BCUT2D eigenvalue weighted by Crippen LogP contribution is 2.26. The lowest BCUT2D eigenvalue weighted by Gasteiger charge is -2.36. The predicted molar refractivity (Wildman–Crippen MR) is 124 cm³/mol. The average Bonchev–Trinajstić information content (AvgIpc) is 3.23. The first-order valence-corrected chi connectivity index (χ1v) is 11.8.